The van der Waals surface area contributed by atoms with Crippen LogP contribution in [0.1, 0.15) is 12.8 Å². The molecule has 3 fully saturated rings. The fraction of sp³-hybridized carbons (Fsp3) is 0.381. The minimum absolute atomic E-state index is 0.585. The molecular weight excluding hydrogens is 326 g/mol. The number of anilines is 1. The van der Waals surface area contributed by atoms with Crippen molar-refractivity contribution in [3.05, 3.63) is 55.1 Å². The lowest BCUT2D eigenvalue weighted by Gasteiger charge is -2.49. The molecule has 2 N–H and O–H groups in total. The molecular formula is C21H25N3S. The van der Waals surface area contributed by atoms with E-state index in [1.165, 1.54) is 30.2 Å². The summed E-state index contributed by atoms with van der Waals surface area (Å²) < 4.78 is 0. The van der Waals surface area contributed by atoms with E-state index in [1.54, 1.807) is 0 Å². The Bertz CT molecular complexity index is 782. The highest BCUT2D eigenvalue weighted by atomic mass is 32.1. The van der Waals surface area contributed by atoms with Crippen molar-refractivity contribution in [2.24, 2.45) is 11.8 Å². The van der Waals surface area contributed by atoms with E-state index in [4.69, 9.17) is 12.2 Å². The molecule has 2 aromatic carbocycles. The lowest BCUT2D eigenvalue weighted by atomic mass is 9.76. The Morgan fingerprint density at radius 1 is 1.24 bits per heavy atom. The van der Waals surface area contributed by atoms with Crippen LogP contribution in [-0.4, -0.2) is 35.7 Å². The molecule has 3 heterocycles. The fourth-order valence-electron chi connectivity index (χ4n) is 4.37. The van der Waals surface area contributed by atoms with Crippen LogP contribution in [0.15, 0.2) is 55.1 Å². The first-order valence-corrected chi connectivity index (χ1v) is 9.54. The number of nitrogens with zero attached hydrogens (tertiary/aromatic N) is 1. The first-order valence-electron chi connectivity index (χ1n) is 9.14. The van der Waals surface area contributed by atoms with Crippen LogP contribution in [0.3, 0.4) is 0 Å². The second-order valence-electron chi connectivity index (χ2n) is 7.19. The quantitative estimate of drug-likeness (QED) is 0.643. The molecule has 2 aromatic rings. The number of benzene rings is 2. The Morgan fingerprint density at radius 2 is 2.08 bits per heavy atom. The van der Waals surface area contributed by atoms with E-state index in [-0.39, 0.29) is 0 Å². The van der Waals surface area contributed by atoms with Crippen molar-refractivity contribution in [3.8, 4) is 0 Å². The van der Waals surface area contributed by atoms with E-state index < -0.39 is 0 Å². The summed E-state index contributed by atoms with van der Waals surface area (Å²) in [7, 11) is 0. The summed E-state index contributed by atoms with van der Waals surface area (Å²) >= 11 is 5.54. The van der Waals surface area contributed by atoms with Crippen LogP contribution in [0.25, 0.3) is 10.8 Å². The molecule has 3 saturated heterocycles. The zero-order valence-corrected chi connectivity index (χ0v) is 15.3. The van der Waals surface area contributed by atoms with Crippen LogP contribution in [0.2, 0.25) is 0 Å². The Kier molecular flexibility index (Phi) is 4.73. The molecule has 130 valence electrons. The van der Waals surface area contributed by atoms with Gasteiger partial charge in [-0.2, -0.15) is 0 Å². The molecule has 1 unspecified atom stereocenters. The van der Waals surface area contributed by atoms with Gasteiger partial charge in [-0.15, -0.1) is 6.58 Å². The molecule has 3 nitrogen and oxygen atoms in total. The largest absolute Gasteiger partial charge is 0.361 e. The molecule has 3 aliphatic rings. The number of fused-ring (bicyclic) bond motifs is 4. The standard InChI is InChI=1S/C21H25N3S/c1-2-15-14-24-11-10-17(15)12-18(24)13-22-21(25)23-20-9-5-7-16-6-3-4-8-19(16)20/h2-9,15,17-18H,1,10-14H2,(H2,22,23,25)/t15-,17+,18-/m1/s1. The van der Waals surface area contributed by atoms with Crippen molar-refractivity contribution >= 4 is 33.8 Å². The first-order chi connectivity index (χ1) is 12.2. The van der Waals surface area contributed by atoms with Crippen molar-refractivity contribution in [1.29, 1.82) is 0 Å². The third-order valence-corrected chi connectivity index (χ3v) is 6.01. The molecule has 0 spiro atoms. The lowest BCUT2D eigenvalue weighted by molar-refractivity contribution is 0.0215. The summed E-state index contributed by atoms with van der Waals surface area (Å²) in [6.45, 7) is 7.28. The summed E-state index contributed by atoms with van der Waals surface area (Å²) in [4.78, 5) is 2.60. The topological polar surface area (TPSA) is 27.3 Å². The lowest BCUT2D eigenvalue weighted by Crippen LogP contribution is -2.56. The van der Waals surface area contributed by atoms with Crippen molar-refractivity contribution in [1.82, 2.24) is 10.2 Å². The highest BCUT2D eigenvalue weighted by molar-refractivity contribution is 7.80. The Balaban J connectivity index is 1.36. The SMILES string of the molecule is C=C[C@@H]1CN2CC[C@H]1C[C@@H]2CNC(=S)Nc1cccc2ccccc12. The predicted molar refractivity (Wildman–Crippen MR) is 110 cm³/mol. The number of piperidine rings is 3. The predicted octanol–water partition coefficient (Wildman–Crippen LogP) is 4.02. The monoisotopic (exact) mass is 351 g/mol. The number of rotatable bonds is 4. The van der Waals surface area contributed by atoms with E-state index in [0.29, 0.717) is 17.1 Å². The smallest absolute Gasteiger partial charge is 0.170 e. The second kappa shape index (κ2) is 7.14. The maximum atomic E-state index is 5.54. The summed E-state index contributed by atoms with van der Waals surface area (Å²) in [5, 5.41) is 9.94. The average Bonchev–Trinajstić information content (AvgIpc) is 2.67. The molecule has 2 bridgehead atoms. The maximum Gasteiger partial charge on any atom is 0.170 e. The molecule has 4 atom stereocenters. The normalized spacial score (nSPS) is 27.8. The molecule has 25 heavy (non-hydrogen) atoms. The third-order valence-electron chi connectivity index (χ3n) is 5.77. The number of nitrogens with one attached hydrogen (secondary N) is 2. The Labute approximate surface area is 155 Å². The van der Waals surface area contributed by atoms with Crippen LogP contribution >= 0.6 is 12.2 Å². The van der Waals surface area contributed by atoms with Crippen LogP contribution < -0.4 is 10.6 Å². The van der Waals surface area contributed by atoms with Crippen LogP contribution in [-0.2, 0) is 0 Å². The second-order valence-corrected chi connectivity index (χ2v) is 7.60. The van der Waals surface area contributed by atoms with Crippen LogP contribution in [0.4, 0.5) is 5.69 Å². The Morgan fingerprint density at radius 3 is 2.88 bits per heavy atom. The van der Waals surface area contributed by atoms with Gasteiger partial charge in [0.05, 0.1) is 0 Å². The number of hydrogen-bond acceptors (Lipinski definition) is 2. The van der Waals surface area contributed by atoms with Crippen molar-refractivity contribution in [3.63, 3.8) is 0 Å². The first kappa shape index (κ1) is 16.6. The Hall–Kier alpha value is -1.91. The molecule has 0 amide bonds. The van der Waals surface area contributed by atoms with Gasteiger partial charge in [0, 0.05) is 30.2 Å². The van der Waals surface area contributed by atoms with Crippen molar-refractivity contribution in [2.45, 2.75) is 18.9 Å². The molecule has 4 heteroatoms. The van der Waals surface area contributed by atoms with Crippen LogP contribution in [0.5, 0.6) is 0 Å². The van der Waals surface area contributed by atoms with Gasteiger partial charge < -0.3 is 10.6 Å². The fourth-order valence-corrected chi connectivity index (χ4v) is 4.56. The van der Waals surface area contributed by atoms with Crippen LogP contribution in [0, 0.1) is 11.8 Å². The molecule has 0 saturated carbocycles. The van der Waals surface area contributed by atoms with Crippen molar-refractivity contribution < 1.29 is 0 Å². The summed E-state index contributed by atoms with van der Waals surface area (Å²) in [5.41, 5.74) is 1.06. The van der Waals surface area contributed by atoms with E-state index in [0.717, 1.165) is 24.7 Å². The van der Waals surface area contributed by atoms with E-state index in [9.17, 15) is 0 Å². The number of thiocarbonyl (C=S) groups is 1. The van der Waals surface area contributed by atoms with Gasteiger partial charge in [-0.1, -0.05) is 42.5 Å². The molecule has 0 radical (unpaired) electrons. The van der Waals surface area contributed by atoms with E-state index in [2.05, 4.69) is 70.7 Å². The average molecular weight is 352 g/mol. The minimum Gasteiger partial charge on any atom is -0.361 e. The summed E-state index contributed by atoms with van der Waals surface area (Å²) in [6, 6.07) is 15.2. The van der Waals surface area contributed by atoms with Gasteiger partial charge in [0.1, 0.15) is 0 Å². The molecule has 3 aliphatic heterocycles. The minimum atomic E-state index is 0.585. The van der Waals surface area contributed by atoms with Gasteiger partial charge in [-0.3, -0.25) is 4.90 Å². The van der Waals surface area contributed by atoms with Gasteiger partial charge in [-0.25, -0.2) is 0 Å². The highest BCUT2D eigenvalue weighted by Gasteiger charge is 2.38. The van der Waals surface area contributed by atoms with E-state index in [1.807, 2.05) is 0 Å². The summed E-state index contributed by atoms with van der Waals surface area (Å²) in [6.07, 6.45) is 4.71. The number of hydrogen-bond donors (Lipinski definition) is 2. The van der Waals surface area contributed by atoms with Gasteiger partial charge >= 0.3 is 0 Å². The zero-order chi connectivity index (χ0) is 17.2. The van der Waals surface area contributed by atoms with Gasteiger partial charge in [0.25, 0.3) is 0 Å². The molecule has 0 aliphatic carbocycles. The molecule has 5 rings (SSSR count). The third kappa shape index (κ3) is 3.42. The van der Waals surface area contributed by atoms with Crippen molar-refractivity contribution in [2.75, 3.05) is 25.0 Å². The zero-order valence-electron chi connectivity index (χ0n) is 14.4. The summed E-state index contributed by atoms with van der Waals surface area (Å²) in [5.74, 6) is 1.47. The van der Waals surface area contributed by atoms with Gasteiger partial charge in [-0.05, 0) is 54.9 Å². The van der Waals surface area contributed by atoms with Gasteiger partial charge in [0.15, 0.2) is 5.11 Å². The maximum absolute atomic E-state index is 5.54. The highest BCUT2D eigenvalue weighted by Crippen LogP contribution is 2.36. The van der Waals surface area contributed by atoms with Gasteiger partial charge in [0.2, 0.25) is 0 Å². The van der Waals surface area contributed by atoms with E-state index >= 15 is 0 Å². The molecule has 0 aromatic heterocycles.